The van der Waals surface area contributed by atoms with Crippen molar-refractivity contribution < 1.29 is 9.90 Å². The van der Waals surface area contributed by atoms with E-state index in [1.54, 1.807) is 6.07 Å². The van der Waals surface area contributed by atoms with Gasteiger partial charge in [-0.05, 0) is 11.6 Å². The molecule has 1 heterocycles. The molecule has 1 aromatic heterocycles. The second kappa shape index (κ2) is 3.31. The van der Waals surface area contributed by atoms with Gasteiger partial charge in [-0.2, -0.15) is 0 Å². The summed E-state index contributed by atoms with van der Waals surface area (Å²) in [5, 5.41) is 8.72. The first-order valence-electron chi connectivity index (χ1n) is 3.99. The summed E-state index contributed by atoms with van der Waals surface area (Å²) in [4.78, 5) is 17.3. The summed E-state index contributed by atoms with van der Waals surface area (Å²) in [6.07, 6.45) is 0. The molecule has 4 nitrogen and oxygen atoms in total. The van der Waals surface area contributed by atoms with Crippen LogP contribution in [0.15, 0.2) is 18.2 Å². The Kier molecular flexibility index (Phi) is 2.13. The van der Waals surface area contributed by atoms with Crippen molar-refractivity contribution in [3.05, 3.63) is 29.6 Å². The molecular weight excluding hydrogens is 204 g/mol. The fourth-order valence-corrected chi connectivity index (χ4v) is 1.52. The van der Waals surface area contributed by atoms with Crippen LogP contribution in [0, 0.1) is 0 Å². The van der Waals surface area contributed by atoms with Crippen molar-refractivity contribution in [2.24, 2.45) is 0 Å². The van der Waals surface area contributed by atoms with Gasteiger partial charge in [0, 0.05) is 5.88 Å². The van der Waals surface area contributed by atoms with Crippen molar-refractivity contribution >= 4 is 28.6 Å². The Morgan fingerprint density at radius 2 is 2.36 bits per heavy atom. The summed E-state index contributed by atoms with van der Waals surface area (Å²) in [5.74, 6) is -0.805. The molecule has 0 spiro atoms. The second-order valence-electron chi connectivity index (χ2n) is 2.84. The molecule has 0 radical (unpaired) electrons. The van der Waals surface area contributed by atoms with Crippen LogP contribution in [0.25, 0.3) is 11.0 Å². The van der Waals surface area contributed by atoms with Crippen molar-refractivity contribution in [1.82, 2.24) is 9.97 Å². The van der Waals surface area contributed by atoms with Crippen LogP contribution in [0.2, 0.25) is 0 Å². The van der Waals surface area contributed by atoms with Gasteiger partial charge >= 0.3 is 5.97 Å². The average molecular weight is 211 g/mol. The molecule has 2 N–H and O–H groups in total. The first kappa shape index (κ1) is 9.02. The number of aromatic carboxylic acids is 1. The van der Waals surface area contributed by atoms with E-state index >= 15 is 0 Å². The maximum absolute atomic E-state index is 10.6. The smallest absolute Gasteiger partial charge is 0.371 e. The molecule has 0 saturated heterocycles. The molecule has 0 saturated carbocycles. The second-order valence-corrected chi connectivity index (χ2v) is 3.10. The Morgan fingerprint density at radius 1 is 1.57 bits per heavy atom. The Morgan fingerprint density at radius 3 is 3.00 bits per heavy atom. The van der Waals surface area contributed by atoms with Gasteiger partial charge < -0.3 is 10.1 Å². The van der Waals surface area contributed by atoms with Crippen molar-refractivity contribution in [3.63, 3.8) is 0 Å². The molecule has 2 aromatic rings. The highest BCUT2D eigenvalue weighted by atomic mass is 35.5. The largest absolute Gasteiger partial charge is 0.475 e. The lowest BCUT2D eigenvalue weighted by Crippen LogP contribution is -1.97. The summed E-state index contributed by atoms with van der Waals surface area (Å²) in [6, 6.07) is 5.40. The lowest BCUT2D eigenvalue weighted by atomic mass is 10.2. The number of aromatic nitrogens is 2. The van der Waals surface area contributed by atoms with E-state index < -0.39 is 5.97 Å². The van der Waals surface area contributed by atoms with E-state index in [2.05, 4.69) is 9.97 Å². The van der Waals surface area contributed by atoms with Crippen molar-refractivity contribution in [2.45, 2.75) is 5.88 Å². The summed E-state index contributed by atoms with van der Waals surface area (Å²) in [7, 11) is 0. The molecule has 0 aliphatic carbocycles. The lowest BCUT2D eigenvalue weighted by Gasteiger charge is -1.93. The van der Waals surface area contributed by atoms with Gasteiger partial charge in [-0.1, -0.05) is 12.1 Å². The maximum atomic E-state index is 10.6. The highest BCUT2D eigenvalue weighted by Gasteiger charge is 2.10. The molecule has 0 amide bonds. The minimum Gasteiger partial charge on any atom is -0.475 e. The Balaban J connectivity index is 2.70. The number of fused-ring (bicyclic) bond motifs is 1. The quantitative estimate of drug-likeness (QED) is 0.745. The summed E-state index contributed by atoms with van der Waals surface area (Å²) in [5.41, 5.74) is 2.15. The standard InChI is InChI=1S/C9H7ClN2O2/c10-4-5-2-1-3-6-7(5)12-8(11-6)9(13)14/h1-3H,4H2,(H,11,12)(H,13,14). The van der Waals surface area contributed by atoms with Gasteiger partial charge in [0.15, 0.2) is 0 Å². The van der Waals surface area contributed by atoms with E-state index in [4.69, 9.17) is 16.7 Å². The number of rotatable bonds is 2. The summed E-state index contributed by atoms with van der Waals surface area (Å²) >= 11 is 5.69. The maximum Gasteiger partial charge on any atom is 0.371 e. The summed E-state index contributed by atoms with van der Waals surface area (Å²) < 4.78 is 0. The van der Waals surface area contributed by atoms with E-state index in [9.17, 15) is 4.79 Å². The fourth-order valence-electron chi connectivity index (χ4n) is 1.30. The number of carbonyl (C=O) groups is 1. The van der Waals surface area contributed by atoms with Gasteiger partial charge in [0.2, 0.25) is 5.82 Å². The third-order valence-electron chi connectivity index (χ3n) is 1.94. The molecule has 72 valence electrons. The van der Waals surface area contributed by atoms with Crippen LogP contribution in [0.1, 0.15) is 16.2 Å². The number of H-pyrrole nitrogens is 1. The number of nitrogens with one attached hydrogen (secondary N) is 1. The number of para-hydroxylation sites is 1. The van der Waals surface area contributed by atoms with Crippen LogP contribution in [0.3, 0.4) is 0 Å². The van der Waals surface area contributed by atoms with Gasteiger partial charge in [0.1, 0.15) is 0 Å². The van der Waals surface area contributed by atoms with Crippen LogP contribution in [0.4, 0.5) is 0 Å². The SMILES string of the molecule is O=C(O)c1nc2c(CCl)cccc2[nH]1. The number of benzene rings is 1. The molecule has 0 aliphatic rings. The molecule has 5 heteroatoms. The number of carboxylic acid groups (broad SMARTS) is 1. The third kappa shape index (κ3) is 1.33. The number of aromatic amines is 1. The minimum absolute atomic E-state index is 0.0578. The Bertz CT molecular complexity index is 493. The van der Waals surface area contributed by atoms with Crippen molar-refractivity contribution in [3.8, 4) is 0 Å². The highest BCUT2D eigenvalue weighted by Crippen LogP contribution is 2.17. The number of halogens is 1. The van der Waals surface area contributed by atoms with Crippen molar-refractivity contribution in [2.75, 3.05) is 0 Å². The molecule has 0 aliphatic heterocycles. The molecular formula is C9H7ClN2O2. The van der Waals surface area contributed by atoms with E-state index in [1.165, 1.54) is 0 Å². The molecule has 14 heavy (non-hydrogen) atoms. The van der Waals surface area contributed by atoms with E-state index in [0.29, 0.717) is 16.9 Å². The molecule has 2 rings (SSSR count). The Hall–Kier alpha value is -1.55. The lowest BCUT2D eigenvalue weighted by molar-refractivity contribution is 0.0685. The van der Waals surface area contributed by atoms with Crippen LogP contribution in [-0.2, 0) is 5.88 Å². The van der Waals surface area contributed by atoms with Crippen molar-refractivity contribution in [1.29, 1.82) is 0 Å². The van der Waals surface area contributed by atoms with Crippen LogP contribution < -0.4 is 0 Å². The number of hydrogen-bond acceptors (Lipinski definition) is 2. The predicted molar refractivity (Wildman–Crippen MR) is 52.6 cm³/mol. The highest BCUT2D eigenvalue weighted by molar-refractivity contribution is 6.17. The first-order chi connectivity index (χ1) is 6.72. The van der Waals surface area contributed by atoms with Gasteiger partial charge in [-0.25, -0.2) is 9.78 Å². The third-order valence-corrected chi connectivity index (χ3v) is 2.23. The number of alkyl halides is 1. The molecule has 1 aromatic carbocycles. The Labute approximate surface area is 84.5 Å². The van der Waals surface area contributed by atoms with Crippen LogP contribution >= 0.6 is 11.6 Å². The van der Waals surface area contributed by atoms with Gasteiger partial charge in [0.25, 0.3) is 0 Å². The van der Waals surface area contributed by atoms with Crippen LogP contribution in [0.5, 0.6) is 0 Å². The van der Waals surface area contributed by atoms with Gasteiger partial charge in [0.05, 0.1) is 11.0 Å². The van der Waals surface area contributed by atoms with E-state index in [1.807, 2.05) is 12.1 Å². The summed E-state index contributed by atoms with van der Waals surface area (Å²) in [6.45, 7) is 0. The topological polar surface area (TPSA) is 66.0 Å². The van der Waals surface area contributed by atoms with Crippen LogP contribution in [-0.4, -0.2) is 21.0 Å². The average Bonchev–Trinajstić information content (AvgIpc) is 2.60. The number of hydrogen-bond donors (Lipinski definition) is 2. The normalized spacial score (nSPS) is 10.6. The molecule has 0 bridgehead atoms. The molecule has 0 atom stereocenters. The van der Waals surface area contributed by atoms with E-state index in [0.717, 1.165) is 5.56 Å². The van der Waals surface area contributed by atoms with Gasteiger partial charge in [-0.15, -0.1) is 11.6 Å². The fraction of sp³-hybridized carbons (Fsp3) is 0.111. The minimum atomic E-state index is -1.07. The number of carboxylic acids is 1. The molecule has 0 unspecified atom stereocenters. The first-order valence-corrected chi connectivity index (χ1v) is 4.52. The predicted octanol–water partition coefficient (Wildman–Crippen LogP) is 2.00. The number of nitrogens with zero attached hydrogens (tertiary/aromatic N) is 1. The zero-order valence-corrected chi connectivity index (χ0v) is 7.88. The monoisotopic (exact) mass is 210 g/mol. The van der Waals surface area contributed by atoms with E-state index in [-0.39, 0.29) is 5.82 Å². The zero-order valence-electron chi connectivity index (χ0n) is 7.12. The number of imidazole rings is 1. The zero-order chi connectivity index (χ0) is 10.1. The van der Waals surface area contributed by atoms with Gasteiger partial charge in [-0.3, -0.25) is 0 Å². The molecule has 0 fully saturated rings.